The Morgan fingerprint density at radius 2 is 1.90 bits per heavy atom. The van der Waals surface area contributed by atoms with Crippen LogP contribution in [0.3, 0.4) is 0 Å². The van der Waals surface area contributed by atoms with E-state index in [1.165, 1.54) is 0 Å². The molecule has 2 aromatic rings. The van der Waals surface area contributed by atoms with E-state index in [2.05, 4.69) is 5.10 Å². The van der Waals surface area contributed by atoms with Crippen molar-refractivity contribution in [3.8, 4) is 0 Å². The molecule has 0 atom stereocenters. The van der Waals surface area contributed by atoms with Gasteiger partial charge in [-0.05, 0) is 31.0 Å². The van der Waals surface area contributed by atoms with Crippen LogP contribution in [0, 0.1) is 0 Å². The number of rotatable bonds is 6. The molecule has 20 heavy (non-hydrogen) atoms. The molecule has 0 saturated carbocycles. The zero-order valence-electron chi connectivity index (χ0n) is 11.9. The molecule has 1 aromatic carbocycles. The van der Waals surface area contributed by atoms with Gasteiger partial charge < -0.3 is 10.5 Å². The fourth-order valence-corrected chi connectivity index (χ4v) is 2.36. The molecule has 2 N–H and O–H groups in total. The summed E-state index contributed by atoms with van der Waals surface area (Å²) in [6.07, 6.45) is 0.830. The minimum absolute atomic E-state index is 0.462. The van der Waals surface area contributed by atoms with Crippen LogP contribution in [0.25, 0.3) is 0 Å². The van der Waals surface area contributed by atoms with Gasteiger partial charge in [0.25, 0.3) is 0 Å². The van der Waals surface area contributed by atoms with Crippen molar-refractivity contribution in [1.82, 2.24) is 9.78 Å². The topological polar surface area (TPSA) is 53.1 Å². The van der Waals surface area contributed by atoms with Gasteiger partial charge in [0.05, 0.1) is 29.6 Å². The zero-order chi connectivity index (χ0) is 14.5. The van der Waals surface area contributed by atoms with E-state index in [0.717, 1.165) is 40.6 Å². The second-order valence-electron chi connectivity index (χ2n) is 4.61. The number of hydrogen-bond donors (Lipinski definition) is 1. The van der Waals surface area contributed by atoms with Crippen molar-refractivity contribution in [1.29, 1.82) is 0 Å². The van der Waals surface area contributed by atoms with Crippen molar-refractivity contribution >= 4 is 17.3 Å². The third-order valence-corrected chi connectivity index (χ3v) is 3.62. The van der Waals surface area contributed by atoms with E-state index >= 15 is 0 Å². The lowest BCUT2D eigenvalue weighted by molar-refractivity contribution is 0.101. The lowest BCUT2D eigenvalue weighted by Gasteiger charge is -2.07. The number of anilines is 1. The lowest BCUT2D eigenvalue weighted by atomic mass is 10.2. The van der Waals surface area contributed by atoms with E-state index in [-0.39, 0.29) is 0 Å². The summed E-state index contributed by atoms with van der Waals surface area (Å²) in [4.78, 5) is 0. The average molecular weight is 294 g/mol. The monoisotopic (exact) mass is 293 g/mol. The molecule has 0 saturated heterocycles. The molecular formula is C15H20ClN3O. The predicted octanol–water partition coefficient (Wildman–Crippen LogP) is 3.42. The third kappa shape index (κ3) is 3.32. The van der Waals surface area contributed by atoms with Gasteiger partial charge in [0, 0.05) is 12.2 Å². The van der Waals surface area contributed by atoms with Crippen LogP contribution in [0.5, 0.6) is 0 Å². The van der Waals surface area contributed by atoms with E-state index in [1.807, 2.05) is 42.8 Å². The molecule has 0 amide bonds. The maximum absolute atomic E-state index is 6.33. The van der Waals surface area contributed by atoms with E-state index < -0.39 is 0 Å². The Labute approximate surface area is 124 Å². The Bertz CT molecular complexity index is 563. The van der Waals surface area contributed by atoms with E-state index in [1.54, 1.807) is 0 Å². The molecule has 5 heteroatoms. The van der Waals surface area contributed by atoms with Crippen molar-refractivity contribution in [3.05, 3.63) is 46.2 Å². The fourth-order valence-electron chi connectivity index (χ4n) is 2.03. The first kappa shape index (κ1) is 14.9. The number of nitrogen functional groups attached to an aromatic ring is 1. The van der Waals surface area contributed by atoms with E-state index in [4.69, 9.17) is 22.1 Å². The highest BCUT2D eigenvalue weighted by atomic mass is 35.5. The van der Waals surface area contributed by atoms with Crippen molar-refractivity contribution < 1.29 is 4.74 Å². The number of halogens is 1. The molecular weight excluding hydrogens is 274 g/mol. The highest BCUT2D eigenvalue weighted by Crippen LogP contribution is 2.22. The van der Waals surface area contributed by atoms with E-state index in [9.17, 15) is 0 Å². The second kappa shape index (κ2) is 6.77. The molecule has 0 radical (unpaired) electrons. The van der Waals surface area contributed by atoms with Crippen LogP contribution in [0.15, 0.2) is 24.3 Å². The smallest absolute Gasteiger partial charge is 0.0904 e. The fraction of sp³-hybridized carbons (Fsp3) is 0.400. The molecule has 1 aromatic heterocycles. The van der Waals surface area contributed by atoms with Crippen LogP contribution < -0.4 is 5.73 Å². The SMILES string of the molecule is CCc1nn(CC)c(COCc2ccc(N)cc2)c1Cl. The van der Waals surface area contributed by atoms with Crippen LogP contribution in [-0.4, -0.2) is 9.78 Å². The van der Waals surface area contributed by atoms with Gasteiger partial charge in [0.1, 0.15) is 0 Å². The van der Waals surface area contributed by atoms with Crippen molar-refractivity contribution in [2.24, 2.45) is 0 Å². The van der Waals surface area contributed by atoms with Gasteiger partial charge >= 0.3 is 0 Å². The molecule has 4 nitrogen and oxygen atoms in total. The lowest BCUT2D eigenvalue weighted by Crippen LogP contribution is -2.05. The summed E-state index contributed by atoms with van der Waals surface area (Å²) >= 11 is 6.33. The van der Waals surface area contributed by atoms with Gasteiger partial charge in [-0.2, -0.15) is 5.10 Å². The largest absolute Gasteiger partial charge is 0.399 e. The summed E-state index contributed by atoms with van der Waals surface area (Å²) < 4.78 is 7.65. The number of benzene rings is 1. The number of nitrogens with two attached hydrogens (primary N) is 1. The average Bonchev–Trinajstić information content (AvgIpc) is 2.77. The van der Waals surface area contributed by atoms with Gasteiger partial charge in [-0.25, -0.2) is 0 Å². The molecule has 0 unspecified atom stereocenters. The van der Waals surface area contributed by atoms with Crippen LogP contribution >= 0.6 is 11.6 Å². The molecule has 0 aliphatic rings. The summed E-state index contributed by atoms with van der Waals surface area (Å²) in [7, 11) is 0. The summed E-state index contributed by atoms with van der Waals surface area (Å²) in [5, 5.41) is 5.20. The Hall–Kier alpha value is -1.52. The zero-order valence-corrected chi connectivity index (χ0v) is 12.7. The Balaban J connectivity index is 2.00. The quantitative estimate of drug-likeness (QED) is 0.830. The minimum atomic E-state index is 0.462. The Morgan fingerprint density at radius 1 is 1.20 bits per heavy atom. The molecule has 1 heterocycles. The molecule has 0 aliphatic heterocycles. The molecule has 2 rings (SSSR count). The van der Waals surface area contributed by atoms with Gasteiger partial charge in [0.2, 0.25) is 0 Å². The number of aryl methyl sites for hydroxylation is 2. The summed E-state index contributed by atoms with van der Waals surface area (Å²) in [6, 6.07) is 7.67. The summed E-state index contributed by atoms with van der Waals surface area (Å²) in [6.45, 7) is 5.89. The number of ether oxygens (including phenoxy) is 1. The standard InChI is InChI=1S/C15H20ClN3O/c1-3-13-15(16)14(19(4-2)18-13)10-20-9-11-5-7-12(17)8-6-11/h5-8H,3-4,9-10,17H2,1-2H3. The van der Waals surface area contributed by atoms with Gasteiger partial charge in [-0.15, -0.1) is 0 Å². The molecule has 0 aliphatic carbocycles. The first-order valence-corrected chi connectivity index (χ1v) is 7.19. The maximum atomic E-state index is 6.33. The number of hydrogen-bond acceptors (Lipinski definition) is 3. The Morgan fingerprint density at radius 3 is 2.50 bits per heavy atom. The van der Waals surface area contributed by atoms with Crippen molar-refractivity contribution in [3.63, 3.8) is 0 Å². The van der Waals surface area contributed by atoms with Crippen molar-refractivity contribution in [2.45, 2.75) is 40.0 Å². The molecule has 0 bridgehead atoms. The normalized spacial score (nSPS) is 10.9. The second-order valence-corrected chi connectivity index (χ2v) is 4.99. The van der Waals surface area contributed by atoms with Crippen molar-refractivity contribution in [2.75, 3.05) is 5.73 Å². The minimum Gasteiger partial charge on any atom is -0.399 e. The summed E-state index contributed by atoms with van der Waals surface area (Å²) in [5.41, 5.74) is 9.38. The number of nitrogens with zero attached hydrogens (tertiary/aromatic N) is 2. The molecule has 0 spiro atoms. The third-order valence-electron chi connectivity index (χ3n) is 3.18. The number of aromatic nitrogens is 2. The van der Waals surface area contributed by atoms with Crippen LogP contribution in [0.2, 0.25) is 5.02 Å². The van der Waals surface area contributed by atoms with Gasteiger partial charge in [-0.1, -0.05) is 30.7 Å². The van der Waals surface area contributed by atoms with Crippen LogP contribution in [-0.2, 0) is 30.9 Å². The van der Waals surface area contributed by atoms with Crippen LogP contribution in [0.1, 0.15) is 30.8 Å². The predicted molar refractivity (Wildman–Crippen MR) is 81.6 cm³/mol. The van der Waals surface area contributed by atoms with E-state index in [0.29, 0.717) is 13.2 Å². The van der Waals surface area contributed by atoms with Gasteiger partial charge in [0.15, 0.2) is 0 Å². The summed E-state index contributed by atoms with van der Waals surface area (Å²) in [5.74, 6) is 0. The highest BCUT2D eigenvalue weighted by molar-refractivity contribution is 6.31. The van der Waals surface area contributed by atoms with Gasteiger partial charge in [-0.3, -0.25) is 4.68 Å². The molecule has 108 valence electrons. The van der Waals surface area contributed by atoms with Crippen LogP contribution in [0.4, 0.5) is 5.69 Å². The molecule has 0 fully saturated rings. The maximum Gasteiger partial charge on any atom is 0.0904 e. The first-order chi connectivity index (χ1) is 9.65. The Kier molecular flexibility index (Phi) is 5.04. The highest BCUT2D eigenvalue weighted by Gasteiger charge is 2.14. The first-order valence-electron chi connectivity index (χ1n) is 6.81.